The number of rotatable bonds is 10. The first-order chi connectivity index (χ1) is 15.0. The minimum absolute atomic E-state index is 0. The molecular weight excluding hydrogens is 386 g/mol. The van der Waals surface area contributed by atoms with Gasteiger partial charge < -0.3 is 19.9 Å². The van der Waals surface area contributed by atoms with Gasteiger partial charge in [-0.05, 0) is 62.8 Å². The molecule has 0 heterocycles. The van der Waals surface area contributed by atoms with Crippen molar-refractivity contribution < 1.29 is 16.0 Å². The average Bonchev–Trinajstić information content (AvgIpc) is 3.62. The minimum Gasteiger partial charge on any atom is -0.493 e. The smallest absolute Gasteiger partial charge is 0.119 e. The Labute approximate surface area is 196 Å². The van der Waals surface area contributed by atoms with Gasteiger partial charge >= 0.3 is 0 Å². The van der Waals surface area contributed by atoms with E-state index in [-0.39, 0.29) is 1.43 Å². The molecule has 0 bridgehead atoms. The Morgan fingerprint density at radius 1 is 1.10 bits per heavy atom. The van der Waals surface area contributed by atoms with Crippen LogP contribution in [0.15, 0.2) is 24.3 Å². The Balaban J connectivity index is -0.000000221. The zero-order chi connectivity index (χ0) is 24.5. The Bertz CT molecular complexity index is 450. The molecule has 0 saturated heterocycles. The van der Waals surface area contributed by atoms with Crippen LogP contribution in [0.1, 0.15) is 101 Å². The van der Waals surface area contributed by atoms with Crippen LogP contribution >= 0.6 is 0 Å². The molecule has 1 atom stereocenters. The standard InChI is InChI=1S/C15H23NO.C6H14O.C3H8.C2H6.CH4O.H2/c1-11(2)15(16-3)13-5-4-6-14(9-13)17-10-12-7-8-12;1-3-5-6-7-4-2;1-3-2;2*1-2;/h4-6,9,11-12,15-16H,7-8,10H2,1-3H3;3-6H2,1-2H3;3H2,1-2H3;1-2H3;2H,1H3;1H. The summed E-state index contributed by atoms with van der Waals surface area (Å²) in [5.41, 5.74) is 1.32. The predicted molar refractivity (Wildman–Crippen MR) is 140 cm³/mol. The normalized spacial score (nSPS) is 12.5. The van der Waals surface area contributed by atoms with Crippen LogP contribution in [0.2, 0.25) is 0 Å². The second-order valence-electron chi connectivity index (χ2n) is 7.59. The molecule has 1 aromatic carbocycles. The highest BCUT2D eigenvalue weighted by atomic mass is 16.5. The summed E-state index contributed by atoms with van der Waals surface area (Å²) in [6.07, 6.45) is 6.36. The van der Waals surface area contributed by atoms with Crippen LogP contribution in [-0.4, -0.2) is 39.1 Å². The van der Waals surface area contributed by atoms with Gasteiger partial charge in [-0.25, -0.2) is 0 Å². The lowest BCUT2D eigenvalue weighted by Crippen LogP contribution is -2.21. The summed E-state index contributed by atoms with van der Waals surface area (Å²) in [5.74, 6) is 2.40. The third kappa shape index (κ3) is 21.9. The molecule has 1 unspecified atom stereocenters. The molecule has 0 aromatic heterocycles. The summed E-state index contributed by atoms with van der Waals surface area (Å²) in [5, 5.41) is 10.4. The van der Waals surface area contributed by atoms with Crippen molar-refractivity contribution in [3.05, 3.63) is 29.8 Å². The summed E-state index contributed by atoms with van der Waals surface area (Å²) in [7, 11) is 3.02. The first-order valence-corrected chi connectivity index (χ1v) is 12.5. The van der Waals surface area contributed by atoms with Crippen molar-refractivity contribution in [2.24, 2.45) is 11.8 Å². The number of hydrogen-bond donors (Lipinski definition) is 2. The van der Waals surface area contributed by atoms with Gasteiger partial charge in [-0.2, -0.15) is 0 Å². The molecule has 31 heavy (non-hydrogen) atoms. The Hall–Kier alpha value is -1.10. The maximum atomic E-state index is 7.00. The molecule has 2 N–H and O–H groups in total. The van der Waals surface area contributed by atoms with Crippen LogP contribution in [0.5, 0.6) is 5.75 Å². The Morgan fingerprint density at radius 2 is 1.68 bits per heavy atom. The van der Waals surface area contributed by atoms with Crippen molar-refractivity contribution in [3.63, 3.8) is 0 Å². The second-order valence-corrected chi connectivity index (χ2v) is 7.59. The number of aliphatic hydroxyl groups is 1. The van der Waals surface area contributed by atoms with Gasteiger partial charge in [0.25, 0.3) is 0 Å². The van der Waals surface area contributed by atoms with E-state index < -0.39 is 0 Å². The molecule has 4 nitrogen and oxygen atoms in total. The van der Waals surface area contributed by atoms with Crippen LogP contribution in [0.25, 0.3) is 0 Å². The van der Waals surface area contributed by atoms with Crippen molar-refractivity contribution in [2.45, 2.75) is 93.5 Å². The van der Waals surface area contributed by atoms with E-state index in [0.29, 0.717) is 12.0 Å². The summed E-state index contributed by atoms with van der Waals surface area (Å²) >= 11 is 0. The second kappa shape index (κ2) is 26.9. The number of nitrogens with one attached hydrogen (secondary N) is 1. The fraction of sp³-hybridized carbons (Fsp3) is 0.778. The highest BCUT2D eigenvalue weighted by molar-refractivity contribution is 5.31. The molecule has 1 aromatic rings. The first kappa shape index (κ1) is 34.5. The molecule has 0 aliphatic heterocycles. The summed E-state index contributed by atoms with van der Waals surface area (Å²) < 4.78 is 10.9. The van der Waals surface area contributed by atoms with E-state index in [0.717, 1.165) is 38.6 Å². The van der Waals surface area contributed by atoms with E-state index in [4.69, 9.17) is 14.6 Å². The van der Waals surface area contributed by atoms with Gasteiger partial charge in [0.05, 0.1) is 6.61 Å². The van der Waals surface area contributed by atoms with Gasteiger partial charge in [0, 0.05) is 27.8 Å². The van der Waals surface area contributed by atoms with Crippen molar-refractivity contribution in [1.82, 2.24) is 5.32 Å². The lowest BCUT2D eigenvalue weighted by atomic mass is 9.96. The van der Waals surface area contributed by atoms with Crippen LogP contribution < -0.4 is 10.1 Å². The molecule has 2 rings (SSSR count). The maximum Gasteiger partial charge on any atom is 0.119 e. The fourth-order valence-electron chi connectivity index (χ4n) is 2.57. The van der Waals surface area contributed by atoms with Crippen LogP contribution in [0, 0.1) is 11.8 Å². The first-order valence-electron chi connectivity index (χ1n) is 12.5. The molecule has 0 amide bonds. The predicted octanol–water partition coefficient (Wildman–Crippen LogP) is 7.51. The monoisotopic (exact) mass is 443 g/mol. The molecule has 188 valence electrons. The van der Waals surface area contributed by atoms with Crippen molar-refractivity contribution in [3.8, 4) is 5.75 Å². The van der Waals surface area contributed by atoms with E-state index in [2.05, 4.69) is 64.2 Å². The number of aliphatic hydroxyl groups excluding tert-OH is 1. The van der Waals surface area contributed by atoms with Gasteiger partial charge in [-0.15, -0.1) is 0 Å². The van der Waals surface area contributed by atoms with Crippen molar-refractivity contribution in [1.29, 1.82) is 0 Å². The van der Waals surface area contributed by atoms with Gasteiger partial charge in [-0.3, -0.25) is 0 Å². The maximum absolute atomic E-state index is 7.00. The summed E-state index contributed by atoms with van der Waals surface area (Å²) in [6, 6.07) is 8.89. The van der Waals surface area contributed by atoms with Crippen molar-refractivity contribution >= 4 is 0 Å². The number of benzene rings is 1. The van der Waals surface area contributed by atoms with Crippen LogP contribution in [0.3, 0.4) is 0 Å². The third-order valence-corrected chi connectivity index (χ3v) is 4.22. The fourth-order valence-corrected chi connectivity index (χ4v) is 2.57. The van der Waals surface area contributed by atoms with Crippen molar-refractivity contribution in [2.75, 3.05) is 34.0 Å². The Kier molecular flexibility index (Phi) is 30.0. The van der Waals surface area contributed by atoms with E-state index in [1.54, 1.807) is 0 Å². The van der Waals surface area contributed by atoms with Gasteiger partial charge in [-0.1, -0.05) is 73.4 Å². The topological polar surface area (TPSA) is 50.7 Å². The lowest BCUT2D eigenvalue weighted by Gasteiger charge is -2.21. The molecule has 1 aliphatic carbocycles. The SMILES string of the molecule is CC.CCC.CCCCOCC.CNC(c1cccc(OCC2CC2)c1)C(C)C.CO.[HH]. The highest BCUT2D eigenvalue weighted by Crippen LogP contribution is 2.30. The van der Waals surface area contributed by atoms with Gasteiger partial charge in [0.1, 0.15) is 5.75 Å². The zero-order valence-corrected chi connectivity index (χ0v) is 22.5. The van der Waals surface area contributed by atoms with Crippen LogP contribution in [0.4, 0.5) is 0 Å². The molecule has 1 fully saturated rings. The quantitative estimate of drug-likeness (QED) is 0.367. The van der Waals surface area contributed by atoms with E-state index in [1.165, 1.54) is 37.7 Å². The molecule has 0 spiro atoms. The molecular formula is C27H57NO3. The zero-order valence-electron chi connectivity index (χ0n) is 22.5. The largest absolute Gasteiger partial charge is 0.493 e. The van der Waals surface area contributed by atoms with Gasteiger partial charge in [0.2, 0.25) is 0 Å². The summed E-state index contributed by atoms with van der Waals surface area (Å²) in [6.45, 7) is 19.6. The molecule has 1 saturated carbocycles. The van der Waals surface area contributed by atoms with Gasteiger partial charge in [0.15, 0.2) is 0 Å². The van der Waals surface area contributed by atoms with E-state index >= 15 is 0 Å². The summed E-state index contributed by atoms with van der Waals surface area (Å²) in [4.78, 5) is 0. The van der Waals surface area contributed by atoms with Crippen LogP contribution in [-0.2, 0) is 4.74 Å². The number of ether oxygens (including phenoxy) is 2. The van der Waals surface area contributed by atoms with E-state index in [9.17, 15) is 0 Å². The lowest BCUT2D eigenvalue weighted by molar-refractivity contribution is 0.144. The van der Waals surface area contributed by atoms with E-state index in [1.807, 2.05) is 27.8 Å². The molecule has 4 heteroatoms. The number of unbranched alkanes of at least 4 members (excludes halogenated alkanes) is 1. The third-order valence-electron chi connectivity index (χ3n) is 4.22. The number of hydrogen-bond acceptors (Lipinski definition) is 4. The Morgan fingerprint density at radius 3 is 2.10 bits per heavy atom. The highest BCUT2D eigenvalue weighted by Gasteiger charge is 2.22. The average molecular weight is 444 g/mol. The molecule has 1 aliphatic rings. The minimum atomic E-state index is 0. The molecule has 0 radical (unpaired) electrons.